The maximum Gasteiger partial charge on any atom is 0.182 e. The average Bonchev–Trinajstić information content (AvgIpc) is 3.49. The van der Waals surface area contributed by atoms with Gasteiger partial charge < -0.3 is 14.9 Å². The summed E-state index contributed by atoms with van der Waals surface area (Å²) in [6, 6.07) is 6.90. The van der Waals surface area contributed by atoms with E-state index in [0.29, 0.717) is 22.0 Å². The molecule has 10 heteroatoms. The summed E-state index contributed by atoms with van der Waals surface area (Å²) in [4.78, 5) is 23.7. The Bertz CT molecular complexity index is 1420. The van der Waals surface area contributed by atoms with Crippen LogP contribution in [0.25, 0.3) is 5.65 Å². The number of ketones is 1. The summed E-state index contributed by atoms with van der Waals surface area (Å²) >= 11 is 1.45. The Hall–Kier alpha value is -3.21. The van der Waals surface area contributed by atoms with Crippen LogP contribution in [-0.4, -0.2) is 42.6 Å². The first-order valence-corrected chi connectivity index (χ1v) is 12.4. The van der Waals surface area contributed by atoms with Crippen LogP contribution in [0.15, 0.2) is 42.7 Å². The standard InChI is InChI=1S/C26H25F2N3O4S/c1-14-12-29-25(36-14)26(9-19(32)20(33)10-26)11-21(34)23-15(2)30-24-22(7-4-8-31(23)24)35-13-16-17(27)5-3-6-18(16)28/h3-8,12,19-20,32-33H,9-11,13H2,1-2H3/t19-,20+,26?. The molecule has 36 heavy (non-hydrogen) atoms. The third-order valence-electron chi connectivity index (χ3n) is 6.70. The maximum absolute atomic E-state index is 14.0. The number of hydrogen-bond acceptors (Lipinski definition) is 7. The number of thiazole rings is 1. The number of aliphatic hydroxyl groups excluding tert-OH is 2. The van der Waals surface area contributed by atoms with Crippen molar-refractivity contribution in [3.8, 4) is 5.75 Å². The third-order valence-corrected chi connectivity index (χ3v) is 7.86. The molecule has 5 rings (SSSR count). The molecule has 3 heterocycles. The number of Topliss-reactive ketones (excluding diaryl/α,β-unsaturated/α-hetero) is 1. The van der Waals surface area contributed by atoms with Crippen molar-refractivity contribution in [1.29, 1.82) is 0 Å². The van der Waals surface area contributed by atoms with Gasteiger partial charge in [-0.2, -0.15) is 0 Å². The Kier molecular flexibility index (Phi) is 6.36. The second-order valence-electron chi connectivity index (χ2n) is 9.30. The van der Waals surface area contributed by atoms with Crippen LogP contribution in [-0.2, 0) is 12.0 Å². The molecule has 0 radical (unpaired) electrons. The summed E-state index contributed by atoms with van der Waals surface area (Å²) in [7, 11) is 0. The number of ether oxygens (including phenoxy) is 1. The van der Waals surface area contributed by atoms with Gasteiger partial charge in [-0.3, -0.25) is 9.20 Å². The molecule has 1 aliphatic rings. The molecule has 2 N–H and O–H groups in total. The van der Waals surface area contributed by atoms with Gasteiger partial charge in [0.05, 0.1) is 28.5 Å². The predicted molar refractivity (Wildman–Crippen MR) is 129 cm³/mol. The van der Waals surface area contributed by atoms with Gasteiger partial charge in [0.2, 0.25) is 0 Å². The first-order chi connectivity index (χ1) is 17.2. The van der Waals surface area contributed by atoms with Gasteiger partial charge in [-0.1, -0.05) is 6.07 Å². The smallest absolute Gasteiger partial charge is 0.182 e. The molecular weight excluding hydrogens is 488 g/mol. The van der Waals surface area contributed by atoms with E-state index >= 15 is 0 Å². The number of carbonyl (C=O) groups excluding carboxylic acids is 1. The first kappa shape index (κ1) is 24.5. The summed E-state index contributed by atoms with van der Waals surface area (Å²) < 4.78 is 35.4. The summed E-state index contributed by atoms with van der Waals surface area (Å²) in [6.07, 6.45) is 2.01. The van der Waals surface area contributed by atoms with Crippen molar-refractivity contribution in [2.75, 3.05) is 0 Å². The first-order valence-electron chi connectivity index (χ1n) is 11.5. The Morgan fingerprint density at radius 3 is 2.50 bits per heavy atom. The van der Waals surface area contributed by atoms with Crippen molar-refractivity contribution in [2.24, 2.45) is 0 Å². The zero-order valence-electron chi connectivity index (χ0n) is 19.7. The minimum absolute atomic E-state index is 0.0359. The van der Waals surface area contributed by atoms with Crippen LogP contribution >= 0.6 is 11.3 Å². The molecule has 1 unspecified atom stereocenters. The second kappa shape index (κ2) is 9.34. The number of aryl methyl sites for hydroxylation is 2. The number of rotatable bonds is 7. The fourth-order valence-electron chi connectivity index (χ4n) is 4.97. The van der Waals surface area contributed by atoms with Crippen LogP contribution in [0, 0.1) is 25.5 Å². The molecule has 7 nitrogen and oxygen atoms in total. The normalized spacial score (nSPS) is 21.8. The van der Waals surface area contributed by atoms with Gasteiger partial charge in [0.1, 0.15) is 23.9 Å². The summed E-state index contributed by atoms with van der Waals surface area (Å²) in [5, 5.41) is 21.4. The number of aliphatic hydroxyl groups is 2. The number of fused-ring (bicyclic) bond motifs is 1. The zero-order chi connectivity index (χ0) is 25.6. The van der Waals surface area contributed by atoms with E-state index in [-0.39, 0.29) is 43.0 Å². The van der Waals surface area contributed by atoms with E-state index in [4.69, 9.17) is 4.74 Å². The lowest BCUT2D eigenvalue weighted by Crippen LogP contribution is -2.28. The predicted octanol–water partition coefficient (Wildman–Crippen LogP) is 4.29. The average molecular weight is 514 g/mol. The lowest BCUT2D eigenvalue weighted by atomic mass is 9.80. The highest BCUT2D eigenvalue weighted by Crippen LogP contribution is 2.46. The van der Waals surface area contributed by atoms with E-state index in [0.717, 1.165) is 17.0 Å². The molecular formula is C26H25F2N3O4S. The molecule has 4 aromatic rings. The van der Waals surface area contributed by atoms with Gasteiger partial charge in [-0.05, 0) is 51.0 Å². The molecule has 0 aliphatic heterocycles. The summed E-state index contributed by atoms with van der Waals surface area (Å²) in [5.74, 6) is -1.35. The molecule has 0 amide bonds. The Morgan fingerprint density at radius 1 is 1.17 bits per heavy atom. The van der Waals surface area contributed by atoms with Gasteiger partial charge in [0.25, 0.3) is 0 Å². The van der Waals surface area contributed by atoms with Crippen LogP contribution in [0.2, 0.25) is 0 Å². The molecule has 3 atom stereocenters. The number of halogens is 2. The van der Waals surface area contributed by atoms with Crippen LogP contribution < -0.4 is 4.74 Å². The van der Waals surface area contributed by atoms with Crippen molar-refractivity contribution < 1.29 is 28.5 Å². The van der Waals surface area contributed by atoms with Gasteiger partial charge in [0, 0.05) is 29.1 Å². The lowest BCUT2D eigenvalue weighted by Gasteiger charge is -2.26. The highest BCUT2D eigenvalue weighted by molar-refractivity contribution is 7.11. The van der Waals surface area contributed by atoms with E-state index in [1.54, 1.807) is 35.9 Å². The number of carbonyl (C=O) groups is 1. The summed E-state index contributed by atoms with van der Waals surface area (Å²) in [5.41, 5.74) is 0.176. The highest BCUT2D eigenvalue weighted by atomic mass is 32.1. The van der Waals surface area contributed by atoms with E-state index in [2.05, 4.69) is 9.97 Å². The largest absolute Gasteiger partial charge is 0.485 e. The van der Waals surface area contributed by atoms with Crippen LogP contribution in [0.4, 0.5) is 8.78 Å². The van der Waals surface area contributed by atoms with Crippen molar-refractivity contribution in [3.63, 3.8) is 0 Å². The van der Waals surface area contributed by atoms with Crippen LogP contribution in [0.5, 0.6) is 5.75 Å². The molecule has 1 aromatic carbocycles. The maximum atomic E-state index is 14.0. The third kappa shape index (κ3) is 4.29. The number of aromatic nitrogens is 3. The van der Waals surface area contributed by atoms with E-state index in [1.807, 2.05) is 6.92 Å². The molecule has 0 spiro atoms. The molecule has 188 valence electrons. The number of benzene rings is 1. The fraction of sp³-hybridized carbons (Fsp3) is 0.346. The van der Waals surface area contributed by atoms with Crippen molar-refractivity contribution in [1.82, 2.24) is 14.4 Å². The van der Waals surface area contributed by atoms with Crippen LogP contribution in [0.1, 0.15) is 50.9 Å². The number of nitrogens with zero attached hydrogens (tertiary/aromatic N) is 3. The van der Waals surface area contributed by atoms with Crippen molar-refractivity contribution in [3.05, 3.63) is 81.2 Å². The monoisotopic (exact) mass is 513 g/mol. The molecule has 1 fully saturated rings. The SMILES string of the molecule is Cc1cnc(C2(CC(=O)c3c(C)nc4c(OCc5c(F)cccc5F)cccn34)C[C@@H](O)[C@@H](O)C2)s1. The number of hydrogen-bond donors (Lipinski definition) is 2. The fourth-order valence-corrected chi connectivity index (χ4v) is 5.94. The highest BCUT2D eigenvalue weighted by Gasteiger charge is 2.48. The topological polar surface area (TPSA) is 97.0 Å². The Labute approximate surface area is 210 Å². The number of pyridine rings is 1. The number of imidazole rings is 1. The molecule has 1 saturated carbocycles. The van der Waals surface area contributed by atoms with Crippen molar-refractivity contribution >= 4 is 22.8 Å². The minimum atomic E-state index is -0.941. The van der Waals surface area contributed by atoms with Gasteiger partial charge in [0.15, 0.2) is 17.2 Å². The quantitative estimate of drug-likeness (QED) is 0.358. The van der Waals surface area contributed by atoms with E-state index < -0.39 is 29.3 Å². The zero-order valence-corrected chi connectivity index (χ0v) is 20.6. The summed E-state index contributed by atoms with van der Waals surface area (Å²) in [6.45, 7) is 3.29. The van der Waals surface area contributed by atoms with Gasteiger partial charge >= 0.3 is 0 Å². The van der Waals surface area contributed by atoms with E-state index in [1.165, 1.54) is 17.4 Å². The minimum Gasteiger partial charge on any atom is -0.485 e. The molecule has 0 saturated heterocycles. The van der Waals surface area contributed by atoms with E-state index in [9.17, 15) is 23.8 Å². The van der Waals surface area contributed by atoms with Crippen LogP contribution in [0.3, 0.4) is 0 Å². The van der Waals surface area contributed by atoms with Crippen molar-refractivity contribution in [2.45, 2.75) is 57.3 Å². The second-order valence-corrected chi connectivity index (χ2v) is 10.5. The lowest BCUT2D eigenvalue weighted by molar-refractivity contribution is 0.0438. The molecule has 0 bridgehead atoms. The van der Waals surface area contributed by atoms with Gasteiger partial charge in [-0.25, -0.2) is 18.7 Å². The molecule has 1 aliphatic carbocycles. The Morgan fingerprint density at radius 2 is 1.86 bits per heavy atom. The molecule has 3 aromatic heterocycles. The van der Waals surface area contributed by atoms with Gasteiger partial charge in [-0.15, -0.1) is 11.3 Å². The Balaban J connectivity index is 1.47.